The molecule has 1 aromatic carbocycles. The molecule has 0 aliphatic rings. The lowest BCUT2D eigenvalue weighted by Crippen LogP contribution is -2.39. The Bertz CT molecular complexity index is 664. The molecule has 2 N–H and O–H groups in total. The van der Waals surface area contributed by atoms with Gasteiger partial charge in [-0.15, -0.1) is 0 Å². The Kier molecular flexibility index (Phi) is 6.28. The first kappa shape index (κ1) is 17.9. The summed E-state index contributed by atoms with van der Waals surface area (Å²) in [6, 6.07) is 8.39. The number of imidazole rings is 1. The fraction of sp³-hybridized carbons (Fsp3) is 0.412. The molecule has 0 fully saturated rings. The van der Waals surface area contributed by atoms with E-state index >= 15 is 0 Å². The van der Waals surface area contributed by atoms with E-state index in [9.17, 15) is 8.78 Å². The van der Waals surface area contributed by atoms with Gasteiger partial charge in [0, 0.05) is 26.0 Å². The normalized spacial score (nSPS) is 13.2. The summed E-state index contributed by atoms with van der Waals surface area (Å²) in [7, 11) is 1.64. The fourth-order valence-electron chi connectivity index (χ4n) is 2.30. The van der Waals surface area contributed by atoms with Crippen molar-refractivity contribution >= 4 is 5.96 Å². The second kappa shape index (κ2) is 8.42. The van der Waals surface area contributed by atoms with Crippen LogP contribution in [0.3, 0.4) is 0 Å². The van der Waals surface area contributed by atoms with E-state index in [0.29, 0.717) is 18.4 Å². The number of nitrogens with one attached hydrogen (secondary N) is 2. The molecule has 2 aromatic rings. The second-order valence-corrected chi connectivity index (χ2v) is 5.65. The monoisotopic (exact) mass is 335 g/mol. The number of hydrogen-bond donors (Lipinski definition) is 2. The van der Waals surface area contributed by atoms with Crippen LogP contribution < -0.4 is 10.6 Å². The van der Waals surface area contributed by atoms with Crippen molar-refractivity contribution in [3.8, 4) is 0 Å². The van der Waals surface area contributed by atoms with E-state index in [0.717, 1.165) is 4.57 Å². The SMILES string of the molecule is CN=C(NCc1nccn1C(F)F)NCC(C)c1ccc(C)cc1. The van der Waals surface area contributed by atoms with Crippen molar-refractivity contribution in [1.82, 2.24) is 20.2 Å². The average Bonchev–Trinajstić information content (AvgIpc) is 3.04. The first-order chi connectivity index (χ1) is 11.5. The van der Waals surface area contributed by atoms with Gasteiger partial charge in [-0.2, -0.15) is 8.78 Å². The van der Waals surface area contributed by atoms with Crippen LogP contribution in [0.1, 0.15) is 36.3 Å². The molecule has 0 saturated carbocycles. The molecule has 130 valence electrons. The number of aliphatic imine (C=N–C) groups is 1. The number of alkyl halides is 2. The minimum atomic E-state index is -2.60. The second-order valence-electron chi connectivity index (χ2n) is 5.65. The van der Waals surface area contributed by atoms with Gasteiger partial charge in [0.1, 0.15) is 5.82 Å². The molecule has 0 saturated heterocycles. The first-order valence-electron chi connectivity index (χ1n) is 7.82. The van der Waals surface area contributed by atoms with Crippen molar-refractivity contribution in [3.05, 3.63) is 53.6 Å². The lowest BCUT2D eigenvalue weighted by Gasteiger charge is -2.17. The molecular formula is C17H23F2N5. The number of aryl methyl sites for hydroxylation is 1. The highest BCUT2D eigenvalue weighted by atomic mass is 19.3. The predicted molar refractivity (Wildman–Crippen MR) is 91.3 cm³/mol. The summed E-state index contributed by atoms with van der Waals surface area (Å²) in [5.74, 6) is 1.12. The smallest absolute Gasteiger partial charge is 0.319 e. The van der Waals surface area contributed by atoms with Crippen molar-refractivity contribution in [1.29, 1.82) is 0 Å². The Morgan fingerprint density at radius 3 is 2.58 bits per heavy atom. The van der Waals surface area contributed by atoms with Crippen molar-refractivity contribution in [2.24, 2.45) is 4.99 Å². The van der Waals surface area contributed by atoms with E-state index < -0.39 is 6.55 Å². The van der Waals surface area contributed by atoms with Crippen LogP contribution in [0.5, 0.6) is 0 Å². The van der Waals surface area contributed by atoms with E-state index in [2.05, 4.69) is 58.7 Å². The van der Waals surface area contributed by atoms with Crippen LogP contribution in [0.4, 0.5) is 8.78 Å². The van der Waals surface area contributed by atoms with Gasteiger partial charge in [0.05, 0.1) is 6.54 Å². The third kappa shape index (κ3) is 4.78. The van der Waals surface area contributed by atoms with Gasteiger partial charge in [-0.05, 0) is 18.4 Å². The molecule has 0 radical (unpaired) electrons. The summed E-state index contributed by atoms with van der Waals surface area (Å²) in [4.78, 5) is 8.04. The summed E-state index contributed by atoms with van der Waals surface area (Å²) in [6.45, 7) is 2.44. The zero-order valence-corrected chi connectivity index (χ0v) is 14.1. The first-order valence-corrected chi connectivity index (χ1v) is 7.82. The van der Waals surface area contributed by atoms with Crippen LogP contribution in [-0.4, -0.2) is 29.1 Å². The maximum atomic E-state index is 12.8. The van der Waals surface area contributed by atoms with Crippen LogP contribution in [0, 0.1) is 6.92 Å². The summed E-state index contributed by atoms with van der Waals surface area (Å²) in [5, 5.41) is 6.21. The highest BCUT2D eigenvalue weighted by Gasteiger charge is 2.12. The number of nitrogens with zero attached hydrogens (tertiary/aromatic N) is 3. The molecular weight excluding hydrogens is 312 g/mol. The number of guanidine groups is 1. The zero-order chi connectivity index (χ0) is 17.5. The number of halogens is 2. The van der Waals surface area contributed by atoms with Gasteiger partial charge in [-0.25, -0.2) is 4.98 Å². The van der Waals surface area contributed by atoms with Crippen molar-refractivity contribution in [3.63, 3.8) is 0 Å². The Balaban J connectivity index is 1.86. The van der Waals surface area contributed by atoms with Gasteiger partial charge in [-0.3, -0.25) is 9.56 Å². The van der Waals surface area contributed by atoms with E-state index in [1.54, 1.807) is 7.05 Å². The number of aromatic nitrogens is 2. The molecule has 1 unspecified atom stereocenters. The van der Waals surface area contributed by atoms with E-state index in [1.165, 1.54) is 23.5 Å². The molecule has 0 amide bonds. The third-order valence-corrected chi connectivity index (χ3v) is 3.82. The van der Waals surface area contributed by atoms with Gasteiger partial charge in [0.2, 0.25) is 0 Å². The Morgan fingerprint density at radius 1 is 1.25 bits per heavy atom. The standard InChI is InChI=1S/C17H23F2N5/c1-12-4-6-14(7-5-12)13(2)10-22-17(20-3)23-11-15-21-8-9-24(15)16(18)19/h4-9,13,16H,10-11H2,1-3H3,(H2,20,22,23). The summed E-state index contributed by atoms with van der Waals surface area (Å²) in [6.07, 6.45) is 2.62. The van der Waals surface area contributed by atoms with E-state index in [1.807, 2.05) is 0 Å². The van der Waals surface area contributed by atoms with Gasteiger partial charge in [-0.1, -0.05) is 36.8 Å². The Hall–Kier alpha value is -2.44. The lowest BCUT2D eigenvalue weighted by molar-refractivity contribution is 0.0668. The van der Waals surface area contributed by atoms with Crippen LogP contribution >= 0.6 is 0 Å². The zero-order valence-electron chi connectivity index (χ0n) is 14.1. The molecule has 24 heavy (non-hydrogen) atoms. The Morgan fingerprint density at radius 2 is 1.96 bits per heavy atom. The highest BCUT2D eigenvalue weighted by molar-refractivity contribution is 5.79. The molecule has 1 heterocycles. The summed E-state index contributed by atoms with van der Waals surface area (Å²) >= 11 is 0. The fourth-order valence-corrected chi connectivity index (χ4v) is 2.30. The molecule has 1 aromatic heterocycles. The maximum Gasteiger partial charge on any atom is 0.319 e. The van der Waals surface area contributed by atoms with Gasteiger partial charge in [0.25, 0.3) is 0 Å². The molecule has 0 aliphatic carbocycles. The minimum absolute atomic E-state index is 0.177. The molecule has 1 atom stereocenters. The van der Waals surface area contributed by atoms with Crippen molar-refractivity contribution in [2.75, 3.05) is 13.6 Å². The van der Waals surface area contributed by atoms with E-state index in [-0.39, 0.29) is 12.4 Å². The summed E-state index contributed by atoms with van der Waals surface area (Å²) in [5.41, 5.74) is 2.46. The predicted octanol–water partition coefficient (Wildman–Crippen LogP) is 3.06. The quantitative estimate of drug-likeness (QED) is 0.630. The highest BCUT2D eigenvalue weighted by Crippen LogP contribution is 2.15. The van der Waals surface area contributed by atoms with E-state index in [4.69, 9.17) is 0 Å². The Labute approximate surface area is 140 Å². The number of rotatable bonds is 6. The van der Waals surface area contributed by atoms with Crippen molar-refractivity contribution in [2.45, 2.75) is 32.9 Å². The van der Waals surface area contributed by atoms with Crippen LogP contribution in [0.15, 0.2) is 41.7 Å². The lowest BCUT2D eigenvalue weighted by atomic mass is 10.0. The topological polar surface area (TPSA) is 54.2 Å². The number of hydrogen-bond acceptors (Lipinski definition) is 2. The van der Waals surface area contributed by atoms with Crippen LogP contribution in [0.2, 0.25) is 0 Å². The maximum absolute atomic E-state index is 12.8. The molecule has 0 spiro atoms. The molecule has 0 aliphatic heterocycles. The summed E-state index contributed by atoms with van der Waals surface area (Å²) < 4.78 is 26.4. The molecule has 0 bridgehead atoms. The minimum Gasteiger partial charge on any atom is -0.356 e. The largest absolute Gasteiger partial charge is 0.356 e. The average molecular weight is 335 g/mol. The van der Waals surface area contributed by atoms with Gasteiger partial charge >= 0.3 is 6.55 Å². The van der Waals surface area contributed by atoms with Gasteiger partial charge in [0.15, 0.2) is 5.96 Å². The molecule has 7 heteroatoms. The molecule has 5 nitrogen and oxygen atoms in total. The van der Waals surface area contributed by atoms with Crippen LogP contribution in [0.25, 0.3) is 0 Å². The molecule has 2 rings (SSSR count). The number of benzene rings is 1. The third-order valence-electron chi connectivity index (χ3n) is 3.82. The van der Waals surface area contributed by atoms with Crippen LogP contribution in [-0.2, 0) is 6.54 Å². The van der Waals surface area contributed by atoms with Crippen molar-refractivity contribution < 1.29 is 8.78 Å². The van der Waals surface area contributed by atoms with Gasteiger partial charge < -0.3 is 10.6 Å².